The summed E-state index contributed by atoms with van der Waals surface area (Å²) in [6.45, 7) is 6.63. The third-order valence-corrected chi connectivity index (χ3v) is 5.20. The monoisotopic (exact) mass is 432 g/mol. The van der Waals surface area contributed by atoms with Crippen molar-refractivity contribution in [1.82, 2.24) is 15.3 Å². The van der Waals surface area contributed by atoms with Crippen LogP contribution < -0.4 is 15.5 Å². The lowest BCUT2D eigenvalue weighted by Crippen LogP contribution is -2.37. The molecule has 3 rings (SSSR count). The number of carbonyl (C=O) groups excluding carboxylic acids is 1. The Bertz CT molecular complexity index is 813. The quantitative estimate of drug-likeness (QED) is 0.358. The average molecular weight is 433 g/mol. The Morgan fingerprint density at radius 3 is 2.70 bits per heavy atom. The van der Waals surface area contributed by atoms with Crippen molar-refractivity contribution in [2.24, 2.45) is 0 Å². The molecular formula is C21H30N5O3S+. The van der Waals surface area contributed by atoms with Crippen LogP contribution in [-0.4, -0.2) is 68.3 Å². The van der Waals surface area contributed by atoms with Gasteiger partial charge in [0.05, 0.1) is 31.8 Å². The largest absolute Gasteiger partial charge is 0.380 e. The molecule has 0 radical (unpaired) electrons. The molecule has 1 aromatic carbocycles. The van der Waals surface area contributed by atoms with Gasteiger partial charge in [-0.05, 0) is 43.0 Å². The van der Waals surface area contributed by atoms with Gasteiger partial charge in [-0.1, -0.05) is 0 Å². The van der Waals surface area contributed by atoms with E-state index in [1.54, 1.807) is 0 Å². The van der Waals surface area contributed by atoms with Crippen LogP contribution in [0, 0.1) is 0 Å². The molecule has 2 amide bonds. The highest BCUT2D eigenvalue weighted by molar-refractivity contribution is 7.76. The fraction of sp³-hybridized carbons (Fsp3) is 0.476. The Kier molecular flexibility index (Phi) is 8.73. The van der Waals surface area contributed by atoms with Gasteiger partial charge in [0.15, 0.2) is 5.82 Å². The van der Waals surface area contributed by atoms with Crippen molar-refractivity contribution in [3.05, 3.63) is 36.0 Å². The van der Waals surface area contributed by atoms with Gasteiger partial charge in [0.2, 0.25) is 0 Å². The number of nitrogens with one attached hydrogen (secondary N) is 2. The highest BCUT2D eigenvalue weighted by Gasteiger charge is 2.16. The van der Waals surface area contributed by atoms with Crippen molar-refractivity contribution in [2.75, 3.05) is 62.5 Å². The zero-order chi connectivity index (χ0) is 21.2. The molecule has 1 saturated heterocycles. The molecular weight excluding hydrogens is 402 g/mol. The summed E-state index contributed by atoms with van der Waals surface area (Å²) in [7, 11) is 0. The molecule has 9 heteroatoms. The number of anilines is 2. The summed E-state index contributed by atoms with van der Waals surface area (Å²) < 4.78 is 10.7. The molecule has 1 aliphatic heterocycles. The number of ether oxygens (including phenoxy) is 2. The molecule has 0 aliphatic carbocycles. The van der Waals surface area contributed by atoms with E-state index < -0.39 is 0 Å². The molecule has 1 fully saturated rings. The number of amides is 2. The highest BCUT2D eigenvalue weighted by atomic mass is 32.2. The first kappa shape index (κ1) is 22.3. The first-order chi connectivity index (χ1) is 14.7. The third-order valence-electron chi connectivity index (χ3n) is 4.56. The van der Waals surface area contributed by atoms with E-state index in [9.17, 15) is 4.79 Å². The lowest BCUT2D eigenvalue weighted by Gasteiger charge is -2.28. The van der Waals surface area contributed by atoms with Crippen molar-refractivity contribution in [3.63, 3.8) is 0 Å². The number of hydrogen-bond acceptors (Lipinski definition) is 6. The summed E-state index contributed by atoms with van der Waals surface area (Å²) in [6, 6.07) is 9.41. The molecule has 1 aromatic heterocycles. The van der Waals surface area contributed by atoms with Gasteiger partial charge in [-0.3, -0.25) is 0 Å². The van der Waals surface area contributed by atoms with E-state index in [1.165, 1.54) is 11.8 Å². The molecule has 2 heterocycles. The molecule has 1 aliphatic rings. The molecule has 0 saturated carbocycles. The minimum atomic E-state index is -0.253. The molecule has 2 aromatic rings. The van der Waals surface area contributed by atoms with Gasteiger partial charge in [-0.25, -0.2) is 14.8 Å². The molecule has 0 bridgehead atoms. The summed E-state index contributed by atoms with van der Waals surface area (Å²) in [5.41, 5.74) is 2.66. The summed E-state index contributed by atoms with van der Waals surface area (Å²) in [6.07, 6.45) is 2.12. The Morgan fingerprint density at radius 1 is 1.23 bits per heavy atom. The van der Waals surface area contributed by atoms with Crippen LogP contribution in [0.5, 0.6) is 0 Å². The Hall–Kier alpha value is -2.36. The first-order valence-electron chi connectivity index (χ1n) is 10.2. The van der Waals surface area contributed by atoms with Gasteiger partial charge in [0.1, 0.15) is 11.6 Å². The van der Waals surface area contributed by atoms with E-state index in [1.807, 2.05) is 31.2 Å². The van der Waals surface area contributed by atoms with E-state index in [0.717, 1.165) is 35.9 Å². The van der Waals surface area contributed by atoms with E-state index in [2.05, 4.69) is 27.9 Å². The predicted octanol–water partition coefficient (Wildman–Crippen LogP) is 2.08. The zero-order valence-electron chi connectivity index (χ0n) is 17.6. The number of carbonyl (C=O) groups is 1. The number of morpholine rings is 1. The fourth-order valence-corrected chi connectivity index (χ4v) is 3.55. The SMILES string of the molecule is CCOCCNC(=O)Nc1ccc(-c2nc(C[SH+]C)cc(N3CCOCC3)n2)cc1. The first-order valence-corrected chi connectivity index (χ1v) is 11.7. The molecule has 8 nitrogen and oxygen atoms in total. The minimum absolute atomic E-state index is 0.253. The summed E-state index contributed by atoms with van der Waals surface area (Å²) in [5, 5.41) is 5.58. The Morgan fingerprint density at radius 2 is 2.00 bits per heavy atom. The van der Waals surface area contributed by atoms with Crippen molar-refractivity contribution in [2.45, 2.75) is 12.7 Å². The standard InChI is InChI=1S/C21H29N5O3S/c1-3-28-11-8-22-21(27)24-17-6-4-16(5-7-17)20-23-18(15-30-2)14-19(25-20)26-9-12-29-13-10-26/h4-7,14H,3,8-13,15H2,1-2H3,(H2,22,24,27)/p+1. The van der Waals surface area contributed by atoms with Crippen LogP contribution >= 0.6 is 0 Å². The molecule has 0 atom stereocenters. The van der Waals surface area contributed by atoms with Crippen molar-refractivity contribution < 1.29 is 14.3 Å². The summed E-state index contributed by atoms with van der Waals surface area (Å²) >= 11 is 1.26. The highest BCUT2D eigenvalue weighted by Crippen LogP contribution is 2.23. The fourth-order valence-electron chi connectivity index (χ4n) is 3.07. The van der Waals surface area contributed by atoms with E-state index >= 15 is 0 Å². The molecule has 0 spiro atoms. The van der Waals surface area contributed by atoms with Crippen molar-refractivity contribution in [3.8, 4) is 11.4 Å². The summed E-state index contributed by atoms with van der Waals surface area (Å²) in [5.74, 6) is 2.53. The van der Waals surface area contributed by atoms with Crippen LogP contribution in [-0.2, 0) is 27.0 Å². The average Bonchev–Trinajstić information content (AvgIpc) is 2.78. The maximum absolute atomic E-state index is 11.9. The second-order valence-electron chi connectivity index (χ2n) is 6.77. The second-order valence-corrected chi connectivity index (χ2v) is 7.72. The van der Waals surface area contributed by atoms with Crippen LogP contribution in [0.4, 0.5) is 16.3 Å². The van der Waals surface area contributed by atoms with Gasteiger partial charge in [0.25, 0.3) is 0 Å². The van der Waals surface area contributed by atoms with E-state index in [0.29, 0.717) is 44.5 Å². The normalized spacial score (nSPS) is 13.9. The Balaban J connectivity index is 1.70. The molecule has 2 N–H and O–H groups in total. The number of urea groups is 1. The number of rotatable bonds is 9. The van der Waals surface area contributed by atoms with Gasteiger partial charge < -0.3 is 25.0 Å². The minimum Gasteiger partial charge on any atom is -0.380 e. The number of hydrogen-bond donors (Lipinski definition) is 2. The van der Waals surface area contributed by atoms with Crippen molar-refractivity contribution in [1.29, 1.82) is 0 Å². The lowest BCUT2D eigenvalue weighted by atomic mass is 10.2. The molecule has 30 heavy (non-hydrogen) atoms. The zero-order valence-corrected chi connectivity index (χ0v) is 18.5. The van der Waals surface area contributed by atoms with Gasteiger partial charge in [-0.2, -0.15) is 0 Å². The number of thiol groups is 1. The topological polar surface area (TPSA) is 88.6 Å². The lowest BCUT2D eigenvalue weighted by molar-refractivity contribution is 0.122. The Labute approximate surface area is 181 Å². The maximum atomic E-state index is 11.9. The number of benzene rings is 1. The van der Waals surface area contributed by atoms with E-state index in [4.69, 9.17) is 19.4 Å². The number of aromatic nitrogens is 2. The van der Waals surface area contributed by atoms with Crippen LogP contribution in [0.3, 0.4) is 0 Å². The number of nitrogens with zero attached hydrogens (tertiary/aromatic N) is 3. The van der Waals surface area contributed by atoms with Crippen molar-refractivity contribution >= 4 is 29.3 Å². The second kappa shape index (κ2) is 11.7. The molecule has 0 unspecified atom stereocenters. The summed E-state index contributed by atoms with van der Waals surface area (Å²) in [4.78, 5) is 23.7. The smallest absolute Gasteiger partial charge is 0.319 e. The van der Waals surface area contributed by atoms with Crippen LogP contribution in [0.25, 0.3) is 11.4 Å². The molecule has 162 valence electrons. The van der Waals surface area contributed by atoms with Crippen LogP contribution in [0.1, 0.15) is 12.6 Å². The van der Waals surface area contributed by atoms with Gasteiger partial charge >= 0.3 is 6.03 Å². The third kappa shape index (κ3) is 6.58. The van der Waals surface area contributed by atoms with Gasteiger partial charge in [0, 0.05) is 43.6 Å². The van der Waals surface area contributed by atoms with Crippen LogP contribution in [0.15, 0.2) is 30.3 Å². The van der Waals surface area contributed by atoms with Crippen LogP contribution in [0.2, 0.25) is 0 Å². The predicted molar refractivity (Wildman–Crippen MR) is 122 cm³/mol. The van der Waals surface area contributed by atoms with Gasteiger partial charge in [-0.15, -0.1) is 0 Å². The maximum Gasteiger partial charge on any atom is 0.319 e. The van der Waals surface area contributed by atoms with E-state index in [-0.39, 0.29) is 6.03 Å².